The molecule has 1 fully saturated rings. The monoisotopic (exact) mass is 323 g/mol. The summed E-state index contributed by atoms with van der Waals surface area (Å²) >= 11 is 0. The molecule has 0 radical (unpaired) electrons. The molecule has 2 aromatic rings. The molecule has 1 saturated heterocycles. The molecule has 1 amide bonds. The van der Waals surface area contributed by atoms with Crippen LogP contribution in [0, 0.1) is 17.1 Å². The van der Waals surface area contributed by atoms with Gasteiger partial charge in [-0.25, -0.2) is 4.39 Å². The molecule has 1 heterocycles. The third-order valence-electron chi connectivity index (χ3n) is 4.25. The Hall–Kier alpha value is -2.71. The van der Waals surface area contributed by atoms with Gasteiger partial charge in [0.25, 0.3) is 5.91 Å². The molecule has 122 valence electrons. The fraction of sp³-hybridized carbons (Fsp3) is 0.263. The van der Waals surface area contributed by atoms with E-state index >= 15 is 0 Å². The van der Waals surface area contributed by atoms with Crippen molar-refractivity contribution in [3.8, 4) is 6.07 Å². The number of piperazine rings is 1. The molecular weight excluding hydrogens is 305 g/mol. The van der Waals surface area contributed by atoms with Crippen molar-refractivity contribution in [2.45, 2.75) is 6.54 Å². The standard InChI is InChI=1S/C19H18FN3O/c20-18-7-2-1-5-17(18)14-22-8-10-23(11-9-22)19(24)16-6-3-4-15(12-16)13-21/h1-7,12H,8-11,14H2. The number of nitrogens with zero attached hydrogens (tertiary/aromatic N) is 3. The Morgan fingerprint density at radius 2 is 1.83 bits per heavy atom. The van der Waals surface area contributed by atoms with Gasteiger partial charge in [-0.1, -0.05) is 24.3 Å². The van der Waals surface area contributed by atoms with E-state index in [1.54, 1.807) is 41.3 Å². The largest absolute Gasteiger partial charge is 0.336 e. The van der Waals surface area contributed by atoms with Crippen molar-refractivity contribution in [1.82, 2.24) is 9.80 Å². The quantitative estimate of drug-likeness (QED) is 0.872. The number of halogens is 1. The van der Waals surface area contributed by atoms with Crippen molar-refractivity contribution in [3.05, 3.63) is 71.0 Å². The first-order valence-corrected chi connectivity index (χ1v) is 7.92. The van der Waals surface area contributed by atoms with E-state index in [2.05, 4.69) is 11.0 Å². The summed E-state index contributed by atoms with van der Waals surface area (Å²) in [5, 5.41) is 8.94. The molecule has 3 rings (SSSR count). The van der Waals surface area contributed by atoms with Crippen molar-refractivity contribution in [2.75, 3.05) is 26.2 Å². The van der Waals surface area contributed by atoms with E-state index in [4.69, 9.17) is 5.26 Å². The highest BCUT2D eigenvalue weighted by molar-refractivity contribution is 5.94. The van der Waals surface area contributed by atoms with Crippen molar-refractivity contribution in [3.63, 3.8) is 0 Å². The second kappa shape index (κ2) is 7.24. The summed E-state index contributed by atoms with van der Waals surface area (Å²) in [6.07, 6.45) is 0. The summed E-state index contributed by atoms with van der Waals surface area (Å²) in [5.41, 5.74) is 1.70. The fourth-order valence-corrected chi connectivity index (χ4v) is 2.88. The number of amides is 1. The highest BCUT2D eigenvalue weighted by atomic mass is 19.1. The number of rotatable bonds is 3. The summed E-state index contributed by atoms with van der Waals surface area (Å²) in [6, 6.07) is 15.6. The molecule has 1 aliphatic rings. The Balaban J connectivity index is 1.59. The lowest BCUT2D eigenvalue weighted by Gasteiger charge is -2.34. The average Bonchev–Trinajstić information content (AvgIpc) is 2.64. The number of benzene rings is 2. The SMILES string of the molecule is N#Cc1cccc(C(=O)N2CCN(Cc3ccccc3F)CC2)c1. The summed E-state index contributed by atoms with van der Waals surface area (Å²) in [7, 11) is 0. The van der Waals surface area contributed by atoms with Crippen LogP contribution in [0.3, 0.4) is 0 Å². The molecule has 0 aromatic heterocycles. The minimum atomic E-state index is -0.190. The van der Waals surface area contributed by atoms with Gasteiger partial charge in [0.15, 0.2) is 0 Å². The van der Waals surface area contributed by atoms with Crippen LogP contribution in [0.15, 0.2) is 48.5 Å². The Morgan fingerprint density at radius 3 is 2.54 bits per heavy atom. The predicted octanol–water partition coefficient (Wildman–Crippen LogP) is 2.66. The maximum atomic E-state index is 13.7. The maximum Gasteiger partial charge on any atom is 0.253 e. The van der Waals surface area contributed by atoms with Gasteiger partial charge >= 0.3 is 0 Å². The van der Waals surface area contributed by atoms with Gasteiger partial charge in [-0.3, -0.25) is 9.69 Å². The molecule has 0 bridgehead atoms. The third kappa shape index (κ3) is 3.61. The summed E-state index contributed by atoms with van der Waals surface area (Å²) < 4.78 is 13.7. The molecule has 0 aliphatic carbocycles. The number of hydrogen-bond donors (Lipinski definition) is 0. The molecule has 0 spiro atoms. The van der Waals surface area contributed by atoms with Gasteiger partial charge in [0.05, 0.1) is 11.6 Å². The van der Waals surface area contributed by atoms with Crippen LogP contribution in [0.5, 0.6) is 0 Å². The number of nitriles is 1. The second-order valence-electron chi connectivity index (χ2n) is 5.85. The molecule has 1 aliphatic heterocycles. The van der Waals surface area contributed by atoms with Crippen LogP contribution in [0.1, 0.15) is 21.5 Å². The lowest BCUT2D eigenvalue weighted by molar-refractivity contribution is 0.0627. The van der Waals surface area contributed by atoms with Crippen molar-refractivity contribution < 1.29 is 9.18 Å². The minimum absolute atomic E-state index is 0.0577. The molecule has 5 heteroatoms. The first kappa shape index (κ1) is 16.2. The van der Waals surface area contributed by atoms with E-state index in [1.165, 1.54) is 6.07 Å². The molecular formula is C19H18FN3O. The number of carbonyl (C=O) groups is 1. The second-order valence-corrected chi connectivity index (χ2v) is 5.85. The molecule has 0 unspecified atom stereocenters. The Kier molecular flexibility index (Phi) is 4.88. The van der Waals surface area contributed by atoms with Crippen LogP contribution in [0.25, 0.3) is 0 Å². The molecule has 0 N–H and O–H groups in total. The van der Waals surface area contributed by atoms with Gasteiger partial charge in [0, 0.05) is 43.9 Å². The summed E-state index contributed by atoms with van der Waals surface area (Å²) in [6.45, 7) is 3.17. The van der Waals surface area contributed by atoms with Crippen molar-refractivity contribution in [1.29, 1.82) is 5.26 Å². The summed E-state index contributed by atoms with van der Waals surface area (Å²) in [4.78, 5) is 16.5. The molecule has 2 aromatic carbocycles. The fourth-order valence-electron chi connectivity index (χ4n) is 2.88. The normalized spacial score (nSPS) is 15.1. The maximum absolute atomic E-state index is 13.7. The smallest absolute Gasteiger partial charge is 0.253 e. The Bertz CT molecular complexity index is 776. The zero-order valence-corrected chi connectivity index (χ0v) is 13.3. The Labute approximate surface area is 140 Å². The topological polar surface area (TPSA) is 47.3 Å². The minimum Gasteiger partial charge on any atom is -0.336 e. The van der Waals surface area contributed by atoms with E-state index in [9.17, 15) is 9.18 Å². The van der Waals surface area contributed by atoms with Crippen LogP contribution in [0.2, 0.25) is 0 Å². The van der Waals surface area contributed by atoms with Gasteiger partial charge in [-0.15, -0.1) is 0 Å². The van der Waals surface area contributed by atoms with Gasteiger partial charge < -0.3 is 4.90 Å². The number of carbonyl (C=O) groups excluding carboxylic acids is 1. The van der Waals surface area contributed by atoms with Crippen LogP contribution in [-0.2, 0) is 6.54 Å². The lowest BCUT2D eigenvalue weighted by atomic mass is 10.1. The zero-order chi connectivity index (χ0) is 16.9. The van der Waals surface area contributed by atoms with Gasteiger partial charge in [-0.05, 0) is 24.3 Å². The molecule has 0 saturated carbocycles. The van der Waals surface area contributed by atoms with Crippen LogP contribution in [0.4, 0.5) is 4.39 Å². The molecule has 24 heavy (non-hydrogen) atoms. The van der Waals surface area contributed by atoms with E-state index in [0.29, 0.717) is 49.4 Å². The zero-order valence-electron chi connectivity index (χ0n) is 13.3. The lowest BCUT2D eigenvalue weighted by Crippen LogP contribution is -2.48. The van der Waals surface area contributed by atoms with Crippen LogP contribution in [-0.4, -0.2) is 41.9 Å². The van der Waals surface area contributed by atoms with E-state index < -0.39 is 0 Å². The van der Waals surface area contributed by atoms with E-state index in [1.807, 2.05) is 6.07 Å². The highest BCUT2D eigenvalue weighted by Gasteiger charge is 2.22. The van der Waals surface area contributed by atoms with Gasteiger partial charge in [-0.2, -0.15) is 5.26 Å². The van der Waals surface area contributed by atoms with Crippen LogP contribution >= 0.6 is 0 Å². The average molecular weight is 323 g/mol. The van der Waals surface area contributed by atoms with Crippen LogP contribution < -0.4 is 0 Å². The van der Waals surface area contributed by atoms with E-state index in [0.717, 1.165) is 0 Å². The summed E-state index contributed by atoms with van der Waals surface area (Å²) in [5.74, 6) is -0.248. The van der Waals surface area contributed by atoms with Gasteiger partial charge in [0.2, 0.25) is 0 Å². The first-order chi connectivity index (χ1) is 11.7. The predicted molar refractivity (Wildman–Crippen MR) is 88.7 cm³/mol. The van der Waals surface area contributed by atoms with Crippen molar-refractivity contribution >= 4 is 5.91 Å². The van der Waals surface area contributed by atoms with E-state index in [-0.39, 0.29) is 11.7 Å². The van der Waals surface area contributed by atoms with Gasteiger partial charge in [0.1, 0.15) is 5.82 Å². The molecule has 0 atom stereocenters. The van der Waals surface area contributed by atoms with Crippen molar-refractivity contribution in [2.24, 2.45) is 0 Å². The highest BCUT2D eigenvalue weighted by Crippen LogP contribution is 2.14. The third-order valence-corrected chi connectivity index (χ3v) is 4.25. The first-order valence-electron chi connectivity index (χ1n) is 7.92. The molecule has 4 nitrogen and oxygen atoms in total. The number of hydrogen-bond acceptors (Lipinski definition) is 3. The Morgan fingerprint density at radius 1 is 1.08 bits per heavy atom.